The van der Waals surface area contributed by atoms with Crippen LogP contribution in [0.4, 0.5) is 8.78 Å². The zero-order chi connectivity index (χ0) is 13.5. The van der Waals surface area contributed by atoms with Gasteiger partial charge in [0.2, 0.25) is 0 Å². The predicted molar refractivity (Wildman–Crippen MR) is 63.8 cm³/mol. The summed E-state index contributed by atoms with van der Waals surface area (Å²) in [7, 11) is 0. The Morgan fingerprint density at radius 2 is 2.17 bits per heavy atom. The number of esters is 1. The number of halogens is 2. The number of carbonyl (C=O) groups excluding carboxylic acids is 1. The number of rotatable bonds is 6. The van der Waals surface area contributed by atoms with Crippen molar-refractivity contribution in [1.29, 1.82) is 0 Å². The van der Waals surface area contributed by atoms with Crippen LogP contribution < -0.4 is 5.73 Å². The highest BCUT2D eigenvalue weighted by molar-refractivity contribution is 5.69. The smallest absolute Gasteiger partial charge is 0.305 e. The van der Waals surface area contributed by atoms with Gasteiger partial charge < -0.3 is 10.5 Å². The van der Waals surface area contributed by atoms with E-state index in [0.717, 1.165) is 18.2 Å². The third-order valence-corrected chi connectivity index (χ3v) is 2.56. The van der Waals surface area contributed by atoms with Crippen molar-refractivity contribution >= 4 is 5.97 Å². The van der Waals surface area contributed by atoms with Crippen LogP contribution in [0.25, 0.3) is 0 Å². The first kappa shape index (κ1) is 14.6. The minimum atomic E-state index is -0.616. The maximum atomic E-state index is 13.4. The molecule has 0 saturated heterocycles. The normalized spacial score (nSPS) is 12.2. The molecule has 1 aromatic rings. The van der Waals surface area contributed by atoms with Gasteiger partial charge in [0, 0.05) is 18.0 Å². The van der Waals surface area contributed by atoms with E-state index in [1.807, 2.05) is 0 Å². The highest BCUT2D eigenvalue weighted by Crippen LogP contribution is 2.21. The van der Waals surface area contributed by atoms with Gasteiger partial charge in [0.15, 0.2) is 0 Å². The van der Waals surface area contributed by atoms with Crippen molar-refractivity contribution in [3.8, 4) is 0 Å². The summed E-state index contributed by atoms with van der Waals surface area (Å²) in [6.07, 6.45) is 1.12. The third kappa shape index (κ3) is 4.41. The average Bonchev–Trinajstić information content (AvgIpc) is 2.32. The van der Waals surface area contributed by atoms with Crippen LogP contribution in [-0.2, 0) is 9.53 Å². The number of hydrogen-bond donors (Lipinski definition) is 1. The van der Waals surface area contributed by atoms with E-state index in [9.17, 15) is 13.6 Å². The van der Waals surface area contributed by atoms with Crippen LogP contribution >= 0.6 is 0 Å². The fraction of sp³-hybridized carbons (Fsp3) is 0.462. The first-order valence-electron chi connectivity index (χ1n) is 5.90. The van der Waals surface area contributed by atoms with Gasteiger partial charge in [0.25, 0.3) is 0 Å². The Labute approximate surface area is 105 Å². The molecule has 0 aromatic heterocycles. The van der Waals surface area contributed by atoms with Gasteiger partial charge in [-0.15, -0.1) is 0 Å². The molecule has 1 unspecified atom stereocenters. The Morgan fingerprint density at radius 3 is 2.83 bits per heavy atom. The Kier molecular flexibility index (Phi) is 5.71. The second kappa shape index (κ2) is 7.06. The van der Waals surface area contributed by atoms with Crippen LogP contribution in [0.2, 0.25) is 0 Å². The van der Waals surface area contributed by atoms with Gasteiger partial charge in [0.05, 0.1) is 6.61 Å². The Balaban J connectivity index is 2.47. The summed E-state index contributed by atoms with van der Waals surface area (Å²) >= 11 is 0. The minimum Gasteiger partial charge on any atom is -0.466 e. The van der Waals surface area contributed by atoms with Gasteiger partial charge in [-0.25, -0.2) is 8.78 Å². The lowest BCUT2D eigenvalue weighted by Crippen LogP contribution is -2.13. The molecule has 0 fully saturated rings. The summed E-state index contributed by atoms with van der Waals surface area (Å²) in [5.41, 5.74) is 5.90. The van der Waals surface area contributed by atoms with Gasteiger partial charge in [-0.3, -0.25) is 4.79 Å². The SMILES string of the molecule is CCOC(=O)CCCC(N)c1cc(F)ccc1F. The summed E-state index contributed by atoms with van der Waals surface area (Å²) in [6, 6.07) is 2.57. The van der Waals surface area contributed by atoms with Crippen molar-refractivity contribution in [1.82, 2.24) is 0 Å². The van der Waals surface area contributed by atoms with E-state index in [1.54, 1.807) is 6.92 Å². The lowest BCUT2D eigenvalue weighted by Gasteiger charge is -2.12. The van der Waals surface area contributed by atoms with E-state index in [1.165, 1.54) is 0 Å². The molecule has 0 bridgehead atoms. The van der Waals surface area contributed by atoms with E-state index in [4.69, 9.17) is 10.5 Å². The zero-order valence-corrected chi connectivity index (χ0v) is 10.3. The van der Waals surface area contributed by atoms with Gasteiger partial charge in [0.1, 0.15) is 11.6 Å². The number of hydrogen-bond acceptors (Lipinski definition) is 3. The van der Waals surface area contributed by atoms with Crippen LogP contribution in [-0.4, -0.2) is 12.6 Å². The van der Waals surface area contributed by atoms with Gasteiger partial charge in [-0.2, -0.15) is 0 Å². The molecule has 0 heterocycles. The molecule has 1 rings (SSSR count). The lowest BCUT2D eigenvalue weighted by molar-refractivity contribution is -0.143. The summed E-state index contributed by atoms with van der Waals surface area (Å²) in [4.78, 5) is 11.1. The second-order valence-corrected chi connectivity index (χ2v) is 3.97. The van der Waals surface area contributed by atoms with Crippen molar-refractivity contribution in [2.75, 3.05) is 6.61 Å². The first-order valence-corrected chi connectivity index (χ1v) is 5.90. The summed E-state index contributed by atoms with van der Waals surface area (Å²) in [6.45, 7) is 2.06. The summed E-state index contributed by atoms with van der Waals surface area (Å²) < 4.78 is 31.1. The van der Waals surface area contributed by atoms with Gasteiger partial charge >= 0.3 is 5.97 Å². The first-order chi connectivity index (χ1) is 8.54. The molecule has 0 radical (unpaired) electrons. The minimum absolute atomic E-state index is 0.138. The van der Waals surface area contributed by atoms with Crippen molar-refractivity contribution in [3.63, 3.8) is 0 Å². The lowest BCUT2D eigenvalue weighted by atomic mass is 10.0. The number of nitrogens with two attached hydrogens (primary N) is 1. The standard InChI is InChI=1S/C13H17F2NO2/c1-2-18-13(17)5-3-4-12(16)10-8-9(14)6-7-11(10)15/h6-8,12H,2-5,16H2,1H3. The number of ether oxygens (including phenoxy) is 1. The van der Waals surface area contributed by atoms with Crippen molar-refractivity contribution < 1.29 is 18.3 Å². The fourth-order valence-corrected chi connectivity index (χ4v) is 1.65. The van der Waals surface area contributed by atoms with Crippen LogP contribution in [0.5, 0.6) is 0 Å². The van der Waals surface area contributed by atoms with Gasteiger partial charge in [-0.1, -0.05) is 0 Å². The Bertz CT molecular complexity index is 410. The molecule has 5 heteroatoms. The Hall–Kier alpha value is -1.49. The van der Waals surface area contributed by atoms with E-state index in [2.05, 4.69) is 0 Å². The molecule has 100 valence electrons. The molecule has 3 nitrogen and oxygen atoms in total. The van der Waals surface area contributed by atoms with E-state index < -0.39 is 17.7 Å². The quantitative estimate of drug-likeness (QED) is 0.797. The van der Waals surface area contributed by atoms with E-state index in [-0.39, 0.29) is 18.0 Å². The van der Waals surface area contributed by atoms with Crippen molar-refractivity contribution in [3.05, 3.63) is 35.4 Å². The largest absolute Gasteiger partial charge is 0.466 e. The molecular formula is C13H17F2NO2. The molecule has 1 aromatic carbocycles. The maximum Gasteiger partial charge on any atom is 0.305 e. The molecule has 1 atom stereocenters. The van der Waals surface area contributed by atoms with Crippen LogP contribution in [0.15, 0.2) is 18.2 Å². The number of carbonyl (C=O) groups is 1. The molecule has 0 aliphatic rings. The van der Waals surface area contributed by atoms with Crippen molar-refractivity contribution in [2.24, 2.45) is 5.73 Å². The maximum absolute atomic E-state index is 13.4. The molecule has 0 spiro atoms. The molecular weight excluding hydrogens is 240 g/mol. The third-order valence-electron chi connectivity index (χ3n) is 2.56. The number of benzene rings is 1. The molecule has 18 heavy (non-hydrogen) atoms. The average molecular weight is 257 g/mol. The Morgan fingerprint density at radius 1 is 1.44 bits per heavy atom. The summed E-state index contributed by atoms with van der Waals surface area (Å²) in [5, 5.41) is 0. The summed E-state index contributed by atoms with van der Waals surface area (Å²) in [5.74, 6) is -1.35. The second-order valence-electron chi connectivity index (χ2n) is 3.97. The fourth-order valence-electron chi connectivity index (χ4n) is 1.65. The van der Waals surface area contributed by atoms with E-state index >= 15 is 0 Å². The molecule has 0 saturated carbocycles. The van der Waals surface area contributed by atoms with Crippen LogP contribution in [0.3, 0.4) is 0 Å². The molecule has 0 aliphatic carbocycles. The highest BCUT2D eigenvalue weighted by Gasteiger charge is 2.13. The monoisotopic (exact) mass is 257 g/mol. The topological polar surface area (TPSA) is 52.3 Å². The molecule has 0 amide bonds. The van der Waals surface area contributed by atoms with E-state index in [0.29, 0.717) is 19.4 Å². The highest BCUT2D eigenvalue weighted by atomic mass is 19.1. The van der Waals surface area contributed by atoms with Crippen molar-refractivity contribution in [2.45, 2.75) is 32.2 Å². The zero-order valence-electron chi connectivity index (χ0n) is 10.3. The molecule has 2 N–H and O–H groups in total. The van der Waals surface area contributed by atoms with Gasteiger partial charge in [-0.05, 0) is 38.0 Å². The van der Waals surface area contributed by atoms with Crippen LogP contribution in [0.1, 0.15) is 37.8 Å². The predicted octanol–water partition coefficient (Wildman–Crippen LogP) is 2.70. The van der Waals surface area contributed by atoms with Crippen LogP contribution in [0, 0.1) is 11.6 Å². The molecule has 0 aliphatic heterocycles.